The van der Waals surface area contributed by atoms with E-state index in [2.05, 4.69) is 30.5 Å². The minimum absolute atomic E-state index is 0.0331. The summed E-state index contributed by atoms with van der Waals surface area (Å²) in [5, 5.41) is 0. The summed E-state index contributed by atoms with van der Waals surface area (Å²) in [5.74, 6) is 0. The molecule has 0 bridgehead atoms. The van der Waals surface area contributed by atoms with Gasteiger partial charge in [0.25, 0.3) is 10.0 Å². The van der Waals surface area contributed by atoms with Crippen LogP contribution in [0.3, 0.4) is 0 Å². The Morgan fingerprint density at radius 3 is 2.10 bits per heavy atom. The van der Waals surface area contributed by atoms with Gasteiger partial charge in [-0.25, -0.2) is 8.42 Å². The zero-order valence-corrected chi connectivity index (χ0v) is 13.0. The highest BCUT2D eigenvalue weighted by Gasteiger charge is 2.17. The topological polar surface area (TPSA) is 79.0 Å². The molecule has 112 valence electrons. The fourth-order valence-corrected chi connectivity index (χ4v) is 2.87. The van der Waals surface area contributed by atoms with Crippen LogP contribution in [0.25, 0.3) is 0 Å². The first kappa shape index (κ1) is 15.3. The summed E-state index contributed by atoms with van der Waals surface area (Å²) in [6.45, 7) is 6.19. The second-order valence-corrected chi connectivity index (χ2v) is 7.50. The lowest BCUT2D eigenvalue weighted by Crippen LogP contribution is -2.15. The summed E-state index contributed by atoms with van der Waals surface area (Å²) in [5.41, 5.74) is 1.06. The number of nitrogens with one attached hydrogen (secondary N) is 2. The van der Waals surface area contributed by atoms with Gasteiger partial charge in [0, 0.05) is 12.3 Å². The maximum atomic E-state index is 12.2. The van der Waals surface area contributed by atoms with Crippen molar-refractivity contribution in [2.45, 2.75) is 31.1 Å². The largest absolute Gasteiger partial charge is 0.327 e. The maximum absolute atomic E-state index is 12.2. The Bertz CT molecular complexity index is 764. The minimum atomic E-state index is -3.66. The van der Waals surface area contributed by atoms with E-state index in [1.165, 1.54) is 18.3 Å². The summed E-state index contributed by atoms with van der Waals surface area (Å²) in [7, 11) is -3.66. The van der Waals surface area contributed by atoms with Crippen molar-refractivity contribution in [3.8, 4) is 0 Å². The molecule has 2 aromatic rings. The standard InChI is InChI=1S/C15H18N2O3S/c1-15(2,3)11-4-7-13(8-5-11)21(19,20)17-12-6-9-14(18)16-10-12/h4-10,17H,1-3H3,(H,16,18). The lowest BCUT2D eigenvalue weighted by atomic mass is 9.87. The van der Waals surface area contributed by atoms with Crippen molar-refractivity contribution in [2.75, 3.05) is 4.72 Å². The summed E-state index contributed by atoms with van der Waals surface area (Å²) in [6.07, 6.45) is 1.32. The molecule has 0 saturated heterocycles. The molecule has 0 aliphatic carbocycles. The van der Waals surface area contributed by atoms with E-state index >= 15 is 0 Å². The van der Waals surface area contributed by atoms with Gasteiger partial charge >= 0.3 is 0 Å². The zero-order chi connectivity index (χ0) is 15.7. The van der Waals surface area contributed by atoms with E-state index in [0.717, 1.165) is 5.56 Å². The number of pyridine rings is 1. The SMILES string of the molecule is CC(C)(C)c1ccc(S(=O)(=O)Nc2ccc(=O)[nH]c2)cc1. The lowest BCUT2D eigenvalue weighted by molar-refractivity contribution is 0.587. The van der Waals surface area contributed by atoms with Gasteiger partial charge in [-0.3, -0.25) is 9.52 Å². The van der Waals surface area contributed by atoms with Crippen LogP contribution in [-0.4, -0.2) is 13.4 Å². The van der Waals surface area contributed by atoms with E-state index in [9.17, 15) is 13.2 Å². The number of aromatic nitrogens is 1. The molecular formula is C15H18N2O3S. The van der Waals surface area contributed by atoms with Gasteiger partial charge in [-0.05, 0) is 29.2 Å². The number of H-pyrrole nitrogens is 1. The van der Waals surface area contributed by atoms with Crippen LogP contribution in [0.4, 0.5) is 5.69 Å². The van der Waals surface area contributed by atoms with Gasteiger partial charge in [0.2, 0.25) is 5.56 Å². The van der Waals surface area contributed by atoms with Gasteiger partial charge in [0.1, 0.15) is 0 Å². The normalized spacial score (nSPS) is 12.1. The summed E-state index contributed by atoms with van der Waals surface area (Å²) in [6, 6.07) is 9.45. The Morgan fingerprint density at radius 1 is 1.00 bits per heavy atom. The average Bonchev–Trinajstić information content (AvgIpc) is 2.40. The molecule has 1 aromatic heterocycles. The zero-order valence-electron chi connectivity index (χ0n) is 12.2. The quantitative estimate of drug-likeness (QED) is 0.914. The molecule has 6 heteroatoms. The number of sulfonamides is 1. The fourth-order valence-electron chi connectivity index (χ4n) is 1.82. The molecule has 21 heavy (non-hydrogen) atoms. The van der Waals surface area contributed by atoms with E-state index in [1.807, 2.05) is 0 Å². The second kappa shape index (κ2) is 5.37. The third-order valence-electron chi connectivity index (χ3n) is 3.07. The van der Waals surface area contributed by atoms with E-state index in [4.69, 9.17) is 0 Å². The lowest BCUT2D eigenvalue weighted by Gasteiger charge is -2.19. The molecule has 2 rings (SSSR count). The van der Waals surface area contributed by atoms with Crippen LogP contribution in [0.5, 0.6) is 0 Å². The van der Waals surface area contributed by atoms with Crippen LogP contribution in [-0.2, 0) is 15.4 Å². The van der Waals surface area contributed by atoms with E-state index < -0.39 is 10.0 Å². The number of hydrogen-bond donors (Lipinski definition) is 2. The van der Waals surface area contributed by atoms with Crippen LogP contribution in [0, 0.1) is 0 Å². The predicted molar refractivity (Wildman–Crippen MR) is 83.0 cm³/mol. The monoisotopic (exact) mass is 306 g/mol. The van der Waals surface area contributed by atoms with Gasteiger partial charge < -0.3 is 4.98 Å². The first-order valence-electron chi connectivity index (χ1n) is 6.51. The van der Waals surface area contributed by atoms with Crippen molar-refractivity contribution in [1.82, 2.24) is 4.98 Å². The molecule has 1 aromatic carbocycles. The molecule has 2 N–H and O–H groups in total. The molecule has 0 atom stereocenters. The highest BCUT2D eigenvalue weighted by atomic mass is 32.2. The molecule has 1 heterocycles. The van der Waals surface area contributed by atoms with Crippen molar-refractivity contribution >= 4 is 15.7 Å². The summed E-state index contributed by atoms with van der Waals surface area (Å²) < 4.78 is 26.9. The second-order valence-electron chi connectivity index (χ2n) is 5.82. The summed E-state index contributed by atoms with van der Waals surface area (Å²) in [4.78, 5) is 13.6. The number of aromatic amines is 1. The molecule has 0 spiro atoms. The molecule has 0 saturated carbocycles. The third-order valence-corrected chi connectivity index (χ3v) is 4.46. The van der Waals surface area contributed by atoms with Crippen molar-refractivity contribution in [1.29, 1.82) is 0 Å². The highest BCUT2D eigenvalue weighted by molar-refractivity contribution is 7.92. The first-order chi connectivity index (χ1) is 9.68. The van der Waals surface area contributed by atoms with Crippen molar-refractivity contribution < 1.29 is 8.42 Å². The molecule has 0 aliphatic heterocycles. The Kier molecular flexibility index (Phi) is 3.91. The number of benzene rings is 1. The number of rotatable bonds is 3. The van der Waals surface area contributed by atoms with Gasteiger partial charge in [-0.2, -0.15) is 0 Å². The van der Waals surface area contributed by atoms with Gasteiger partial charge in [-0.1, -0.05) is 32.9 Å². The van der Waals surface area contributed by atoms with Crippen molar-refractivity contribution in [3.05, 3.63) is 58.5 Å². The molecule has 0 aliphatic rings. The van der Waals surface area contributed by atoms with Crippen LogP contribution in [0.15, 0.2) is 52.3 Å². The first-order valence-corrected chi connectivity index (χ1v) is 7.99. The molecule has 0 amide bonds. The third kappa shape index (κ3) is 3.72. The van der Waals surface area contributed by atoms with Crippen LogP contribution >= 0.6 is 0 Å². The van der Waals surface area contributed by atoms with E-state index in [-0.39, 0.29) is 15.9 Å². The Hall–Kier alpha value is -2.08. The molecule has 0 radical (unpaired) electrons. The van der Waals surface area contributed by atoms with Crippen molar-refractivity contribution in [2.24, 2.45) is 0 Å². The molecular weight excluding hydrogens is 288 g/mol. The smallest absolute Gasteiger partial charge is 0.261 e. The van der Waals surface area contributed by atoms with E-state index in [0.29, 0.717) is 5.69 Å². The van der Waals surface area contributed by atoms with Gasteiger partial charge in [-0.15, -0.1) is 0 Å². The summed E-state index contributed by atoms with van der Waals surface area (Å²) >= 11 is 0. The van der Waals surface area contributed by atoms with Crippen molar-refractivity contribution in [3.63, 3.8) is 0 Å². The minimum Gasteiger partial charge on any atom is -0.327 e. The predicted octanol–water partition coefficient (Wildman–Crippen LogP) is 2.47. The van der Waals surface area contributed by atoms with Crippen LogP contribution in [0.2, 0.25) is 0 Å². The van der Waals surface area contributed by atoms with E-state index in [1.54, 1.807) is 24.3 Å². The van der Waals surface area contributed by atoms with Gasteiger partial charge in [0.15, 0.2) is 0 Å². The van der Waals surface area contributed by atoms with Gasteiger partial charge in [0.05, 0.1) is 10.6 Å². The van der Waals surface area contributed by atoms with Crippen LogP contribution < -0.4 is 10.3 Å². The molecule has 0 fully saturated rings. The maximum Gasteiger partial charge on any atom is 0.261 e. The average molecular weight is 306 g/mol. The Balaban J connectivity index is 2.27. The molecule has 5 nitrogen and oxygen atoms in total. The van der Waals surface area contributed by atoms with Crippen LogP contribution in [0.1, 0.15) is 26.3 Å². The number of hydrogen-bond acceptors (Lipinski definition) is 3. The molecule has 0 unspecified atom stereocenters. The fraction of sp³-hybridized carbons (Fsp3) is 0.267. The highest BCUT2D eigenvalue weighted by Crippen LogP contribution is 2.24. The Labute approximate surface area is 124 Å². The Morgan fingerprint density at radius 2 is 1.62 bits per heavy atom. The number of anilines is 1.